The van der Waals surface area contributed by atoms with Crippen LogP contribution in [0.3, 0.4) is 0 Å². The van der Waals surface area contributed by atoms with Crippen LogP contribution in [0.1, 0.15) is 16.7 Å². The quantitative estimate of drug-likeness (QED) is 0.536. The fraction of sp³-hybridized carbons (Fsp3) is 0.211. The van der Waals surface area contributed by atoms with Gasteiger partial charge in [0.05, 0.1) is 18.7 Å². The molecule has 2 aromatic rings. The molecule has 0 aliphatic rings. The van der Waals surface area contributed by atoms with Crippen LogP contribution in [0, 0.1) is 6.92 Å². The molecule has 0 atom stereocenters. The fourth-order valence-corrected chi connectivity index (χ4v) is 2.70. The van der Waals surface area contributed by atoms with Crippen molar-refractivity contribution in [3.05, 3.63) is 63.6 Å². The highest BCUT2D eigenvalue weighted by atomic mass is 79.9. The second kappa shape index (κ2) is 8.55. The molecule has 0 aliphatic heterocycles. The van der Waals surface area contributed by atoms with Gasteiger partial charge in [-0.15, -0.1) is 0 Å². The zero-order chi connectivity index (χ0) is 17.5. The molecule has 0 aromatic heterocycles. The van der Waals surface area contributed by atoms with E-state index in [1.165, 1.54) is 18.7 Å². The summed E-state index contributed by atoms with van der Waals surface area (Å²) in [5, 5.41) is 0. The molecule has 0 N–H and O–H groups in total. The Bertz CT molecular complexity index is 753. The Morgan fingerprint density at radius 2 is 1.96 bits per heavy atom. The molecule has 0 bridgehead atoms. The summed E-state index contributed by atoms with van der Waals surface area (Å²) in [7, 11) is 2.92. The van der Waals surface area contributed by atoms with E-state index in [0.717, 1.165) is 15.6 Å². The van der Waals surface area contributed by atoms with Crippen molar-refractivity contribution in [1.82, 2.24) is 0 Å². The van der Waals surface area contributed by atoms with E-state index in [1.54, 1.807) is 19.3 Å². The van der Waals surface area contributed by atoms with Crippen LogP contribution >= 0.6 is 15.9 Å². The van der Waals surface area contributed by atoms with Gasteiger partial charge in [0.1, 0.15) is 6.61 Å². The zero-order valence-corrected chi connectivity index (χ0v) is 15.4. The summed E-state index contributed by atoms with van der Waals surface area (Å²) in [6.45, 7) is 2.49. The molecular formula is C19H19BrO4. The number of carbonyl (C=O) groups is 1. The molecule has 0 heterocycles. The molecule has 0 radical (unpaired) electrons. The van der Waals surface area contributed by atoms with Crippen molar-refractivity contribution in [2.45, 2.75) is 13.5 Å². The Morgan fingerprint density at radius 3 is 2.62 bits per heavy atom. The summed E-state index contributed by atoms with van der Waals surface area (Å²) in [5.74, 6) is 0.795. The third kappa shape index (κ3) is 4.61. The highest BCUT2D eigenvalue weighted by Crippen LogP contribution is 2.37. The van der Waals surface area contributed by atoms with E-state index in [4.69, 9.17) is 9.47 Å². The van der Waals surface area contributed by atoms with Gasteiger partial charge in [-0.05, 0) is 57.8 Å². The molecule has 0 aliphatic carbocycles. The van der Waals surface area contributed by atoms with Crippen molar-refractivity contribution in [2.24, 2.45) is 0 Å². The summed E-state index contributed by atoms with van der Waals surface area (Å²) in [6.07, 6.45) is 3.01. The number of esters is 1. The first kappa shape index (κ1) is 18.1. The van der Waals surface area contributed by atoms with Crippen molar-refractivity contribution in [1.29, 1.82) is 0 Å². The van der Waals surface area contributed by atoms with Crippen LogP contribution in [-0.4, -0.2) is 20.2 Å². The molecule has 2 aromatic carbocycles. The average Bonchev–Trinajstić information content (AvgIpc) is 2.59. The number of carbonyl (C=O) groups excluding carboxylic acids is 1. The van der Waals surface area contributed by atoms with E-state index in [0.29, 0.717) is 18.1 Å². The smallest absolute Gasteiger partial charge is 0.330 e. The lowest BCUT2D eigenvalue weighted by Gasteiger charge is -2.14. The molecule has 0 fully saturated rings. The fourth-order valence-electron chi connectivity index (χ4n) is 2.13. The molecule has 4 nitrogen and oxygen atoms in total. The van der Waals surface area contributed by atoms with Gasteiger partial charge in [0.25, 0.3) is 0 Å². The van der Waals surface area contributed by atoms with Crippen molar-refractivity contribution >= 4 is 28.0 Å². The highest BCUT2D eigenvalue weighted by Gasteiger charge is 2.12. The van der Waals surface area contributed by atoms with E-state index in [2.05, 4.69) is 20.7 Å². The maximum absolute atomic E-state index is 11.2. The van der Waals surface area contributed by atoms with Gasteiger partial charge >= 0.3 is 5.97 Å². The lowest BCUT2D eigenvalue weighted by Crippen LogP contribution is -2.00. The van der Waals surface area contributed by atoms with Gasteiger partial charge in [-0.3, -0.25) is 0 Å². The summed E-state index contributed by atoms with van der Waals surface area (Å²) < 4.78 is 16.7. The number of hydrogen-bond donors (Lipinski definition) is 0. The van der Waals surface area contributed by atoms with Crippen LogP contribution in [0.5, 0.6) is 11.5 Å². The minimum atomic E-state index is -0.412. The Balaban J connectivity index is 2.22. The van der Waals surface area contributed by atoms with E-state index in [-0.39, 0.29) is 0 Å². The van der Waals surface area contributed by atoms with E-state index in [9.17, 15) is 4.79 Å². The standard InChI is InChI=1S/C19H19BrO4/c1-13-6-4-5-7-15(13)12-24-19-16(20)10-14(11-17(19)22-2)8-9-18(21)23-3/h4-11H,12H2,1-3H3/b9-8+. The number of benzene rings is 2. The Morgan fingerprint density at radius 1 is 1.21 bits per heavy atom. The lowest BCUT2D eigenvalue weighted by atomic mass is 10.1. The van der Waals surface area contributed by atoms with E-state index >= 15 is 0 Å². The van der Waals surface area contributed by atoms with Gasteiger partial charge in [-0.25, -0.2) is 4.79 Å². The number of ether oxygens (including phenoxy) is 3. The highest BCUT2D eigenvalue weighted by molar-refractivity contribution is 9.10. The van der Waals surface area contributed by atoms with Crippen LogP contribution in [0.15, 0.2) is 46.9 Å². The third-order valence-corrected chi connectivity index (χ3v) is 4.09. The second-order valence-electron chi connectivity index (χ2n) is 5.11. The van der Waals surface area contributed by atoms with Gasteiger partial charge in [-0.1, -0.05) is 24.3 Å². The van der Waals surface area contributed by atoms with Gasteiger partial charge < -0.3 is 14.2 Å². The Labute approximate surface area is 150 Å². The molecule has 2 rings (SSSR count). The first-order chi connectivity index (χ1) is 11.5. The van der Waals surface area contributed by atoms with Gasteiger partial charge in [0.2, 0.25) is 0 Å². The molecule has 0 unspecified atom stereocenters. The monoisotopic (exact) mass is 390 g/mol. The molecule has 24 heavy (non-hydrogen) atoms. The predicted molar refractivity (Wildman–Crippen MR) is 97.3 cm³/mol. The molecule has 0 saturated heterocycles. The van der Waals surface area contributed by atoms with E-state index < -0.39 is 5.97 Å². The normalized spacial score (nSPS) is 10.7. The third-order valence-electron chi connectivity index (χ3n) is 3.50. The van der Waals surface area contributed by atoms with Crippen LogP contribution in [0.2, 0.25) is 0 Å². The van der Waals surface area contributed by atoms with Crippen LogP contribution < -0.4 is 9.47 Å². The summed E-state index contributed by atoms with van der Waals surface area (Å²) in [6, 6.07) is 11.7. The van der Waals surface area contributed by atoms with Crippen LogP contribution in [0.4, 0.5) is 0 Å². The summed E-state index contributed by atoms with van der Waals surface area (Å²) >= 11 is 3.50. The minimum absolute atomic E-state index is 0.412. The van der Waals surface area contributed by atoms with Crippen molar-refractivity contribution in [2.75, 3.05) is 14.2 Å². The largest absolute Gasteiger partial charge is 0.493 e. The second-order valence-corrected chi connectivity index (χ2v) is 5.96. The summed E-state index contributed by atoms with van der Waals surface area (Å²) in [4.78, 5) is 11.2. The first-order valence-electron chi connectivity index (χ1n) is 7.36. The Hall–Kier alpha value is -2.27. The Kier molecular flexibility index (Phi) is 6.44. The molecular weight excluding hydrogens is 372 g/mol. The first-order valence-corrected chi connectivity index (χ1v) is 8.15. The molecule has 0 spiro atoms. The number of aryl methyl sites for hydroxylation is 1. The number of rotatable bonds is 6. The zero-order valence-electron chi connectivity index (χ0n) is 13.8. The maximum Gasteiger partial charge on any atom is 0.330 e. The van der Waals surface area contributed by atoms with Gasteiger partial charge in [-0.2, -0.15) is 0 Å². The van der Waals surface area contributed by atoms with Crippen molar-refractivity contribution in [3.63, 3.8) is 0 Å². The maximum atomic E-state index is 11.2. The van der Waals surface area contributed by atoms with Gasteiger partial charge in [0, 0.05) is 6.08 Å². The number of methoxy groups -OCH3 is 2. The molecule has 5 heteroatoms. The number of halogens is 1. The lowest BCUT2D eigenvalue weighted by molar-refractivity contribution is -0.134. The van der Waals surface area contributed by atoms with Crippen LogP contribution in [-0.2, 0) is 16.1 Å². The SMILES string of the molecule is COC(=O)/C=C/c1cc(Br)c(OCc2ccccc2C)c(OC)c1. The van der Waals surface area contributed by atoms with Crippen molar-refractivity contribution < 1.29 is 19.0 Å². The molecule has 0 saturated carbocycles. The van der Waals surface area contributed by atoms with Crippen LogP contribution in [0.25, 0.3) is 6.08 Å². The minimum Gasteiger partial charge on any atom is -0.493 e. The molecule has 126 valence electrons. The van der Waals surface area contributed by atoms with Crippen molar-refractivity contribution in [3.8, 4) is 11.5 Å². The van der Waals surface area contributed by atoms with Gasteiger partial charge in [0.15, 0.2) is 11.5 Å². The van der Waals surface area contributed by atoms with E-state index in [1.807, 2.05) is 37.3 Å². The summed E-state index contributed by atoms with van der Waals surface area (Å²) in [5.41, 5.74) is 3.08. The predicted octanol–water partition coefficient (Wildman–Crippen LogP) is 4.53. The average molecular weight is 391 g/mol. The molecule has 0 amide bonds. The topological polar surface area (TPSA) is 44.8 Å². The number of hydrogen-bond acceptors (Lipinski definition) is 4.